The van der Waals surface area contributed by atoms with Crippen molar-refractivity contribution in [2.45, 2.75) is 0 Å². The minimum absolute atomic E-state index is 0.0861. The number of azo groups is 1. The summed E-state index contributed by atoms with van der Waals surface area (Å²) in [5, 5.41) is 17.8. The number of benzene rings is 1. The van der Waals surface area contributed by atoms with E-state index in [1.165, 1.54) is 26.2 Å². The third-order valence-electron chi connectivity index (χ3n) is 2.84. The Hall–Kier alpha value is -1.83. The number of aromatic hydroxyl groups is 1. The van der Waals surface area contributed by atoms with Gasteiger partial charge in [-0.15, -0.1) is 10.2 Å². The van der Waals surface area contributed by atoms with Crippen LogP contribution < -0.4 is 11.2 Å². The van der Waals surface area contributed by atoms with Crippen molar-refractivity contribution < 1.29 is 5.11 Å². The Morgan fingerprint density at radius 2 is 1.45 bits per heavy atom. The predicted octanol–water partition coefficient (Wildman–Crippen LogP) is 3.17. The average Bonchev–Trinajstić information content (AvgIpc) is 2.45. The molecule has 0 radical (unpaired) electrons. The van der Waals surface area contributed by atoms with Crippen LogP contribution in [0.25, 0.3) is 0 Å². The Kier molecular flexibility index (Phi) is 4.60. The molecule has 0 aliphatic rings. The highest BCUT2D eigenvalue weighted by Gasteiger charge is 2.15. The molecule has 7 nitrogen and oxygen atoms in total. The molecule has 0 fully saturated rings. The molecule has 2 aromatic rings. The quantitative estimate of drug-likeness (QED) is 0.831. The first-order chi connectivity index (χ1) is 10.2. The minimum Gasteiger partial charge on any atom is -0.493 e. The van der Waals surface area contributed by atoms with Gasteiger partial charge in [-0.05, 0) is 12.1 Å². The van der Waals surface area contributed by atoms with E-state index in [2.05, 4.69) is 10.2 Å². The summed E-state index contributed by atoms with van der Waals surface area (Å²) in [5.41, 5.74) is -1.82. The van der Waals surface area contributed by atoms with Crippen LogP contribution in [-0.4, -0.2) is 14.2 Å². The summed E-state index contributed by atoms with van der Waals surface area (Å²) in [5.74, 6) is -0.613. The Labute approximate surface area is 139 Å². The van der Waals surface area contributed by atoms with Gasteiger partial charge in [0, 0.05) is 19.1 Å². The van der Waals surface area contributed by atoms with Gasteiger partial charge in [-0.3, -0.25) is 13.9 Å². The van der Waals surface area contributed by atoms with Gasteiger partial charge in [0.25, 0.3) is 5.56 Å². The van der Waals surface area contributed by atoms with Crippen LogP contribution in [0.3, 0.4) is 0 Å². The molecular formula is C12H9Cl3N4O3. The number of hydrogen-bond donors (Lipinski definition) is 1. The number of hydrogen-bond acceptors (Lipinski definition) is 5. The van der Waals surface area contributed by atoms with Gasteiger partial charge in [0.05, 0.1) is 10.0 Å². The van der Waals surface area contributed by atoms with Gasteiger partial charge < -0.3 is 5.11 Å². The van der Waals surface area contributed by atoms with E-state index in [1.54, 1.807) is 0 Å². The van der Waals surface area contributed by atoms with E-state index in [-0.39, 0.29) is 15.7 Å². The molecular weight excluding hydrogens is 355 g/mol. The van der Waals surface area contributed by atoms with Crippen molar-refractivity contribution >= 4 is 46.2 Å². The lowest BCUT2D eigenvalue weighted by atomic mass is 10.3. The van der Waals surface area contributed by atoms with Crippen LogP contribution in [0.15, 0.2) is 32.0 Å². The van der Waals surface area contributed by atoms with E-state index >= 15 is 0 Å². The molecule has 2 rings (SSSR count). The zero-order chi connectivity index (χ0) is 16.6. The van der Waals surface area contributed by atoms with Gasteiger partial charge in [-0.2, -0.15) is 0 Å². The maximum Gasteiger partial charge on any atom is 0.333 e. The summed E-state index contributed by atoms with van der Waals surface area (Å²) in [4.78, 5) is 23.6. The first-order valence-electron chi connectivity index (χ1n) is 5.79. The van der Waals surface area contributed by atoms with E-state index in [1.807, 2.05) is 0 Å². The van der Waals surface area contributed by atoms with Crippen LogP contribution in [-0.2, 0) is 14.1 Å². The van der Waals surface area contributed by atoms with E-state index in [4.69, 9.17) is 34.8 Å². The smallest absolute Gasteiger partial charge is 0.333 e. The van der Waals surface area contributed by atoms with Crippen molar-refractivity contribution in [1.82, 2.24) is 9.13 Å². The molecule has 1 N–H and O–H groups in total. The Bertz CT molecular complexity index is 879. The number of rotatable bonds is 2. The molecule has 0 saturated heterocycles. The Morgan fingerprint density at radius 3 is 2.00 bits per heavy atom. The molecule has 0 spiro atoms. The lowest BCUT2D eigenvalue weighted by Crippen LogP contribution is -2.36. The zero-order valence-electron chi connectivity index (χ0n) is 11.3. The molecule has 10 heteroatoms. The van der Waals surface area contributed by atoms with Gasteiger partial charge in [-0.25, -0.2) is 4.79 Å². The highest BCUT2D eigenvalue weighted by molar-refractivity contribution is 6.41. The SMILES string of the molecule is Cn1c(O)c(N=Nc2c(Cl)cc(Cl)cc2Cl)c(=O)n(C)c1=O. The van der Waals surface area contributed by atoms with Crippen LogP contribution in [0.1, 0.15) is 0 Å². The molecule has 116 valence electrons. The lowest BCUT2D eigenvalue weighted by Gasteiger charge is -2.06. The molecule has 0 bridgehead atoms. The Balaban J connectivity index is 2.62. The molecule has 0 atom stereocenters. The van der Waals surface area contributed by atoms with Gasteiger partial charge in [0.1, 0.15) is 5.69 Å². The molecule has 1 aromatic heterocycles. The third kappa shape index (κ3) is 2.87. The molecule has 1 aromatic carbocycles. The number of halogens is 3. The largest absolute Gasteiger partial charge is 0.493 e. The maximum absolute atomic E-state index is 12.0. The molecule has 0 aliphatic heterocycles. The highest BCUT2D eigenvalue weighted by Crippen LogP contribution is 2.37. The van der Waals surface area contributed by atoms with E-state index in [9.17, 15) is 14.7 Å². The van der Waals surface area contributed by atoms with E-state index < -0.39 is 22.8 Å². The fraction of sp³-hybridized carbons (Fsp3) is 0.167. The standard InChI is InChI=1S/C12H9Cl3N4O3/c1-18-10(20)9(11(21)19(2)12(18)22)17-16-8-6(14)3-5(13)4-7(8)15/h3-4,20H,1-2H3. The van der Waals surface area contributed by atoms with Crippen molar-refractivity contribution in [1.29, 1.82) is 0 Å². The second-order valence-corrected chi connectivity index (χ2v) is 5.55. The van der Waals surface area contributed by atoms with Gasteiger partial charge in [0.15, 0.2) is 0 Å². The first kappa shape index (κ1) is 16.5. The summed E-state index contributed by atoms with van der Waals surface area (Å²) < 4.78 is 1.65. The monoisotopic (exact) mass is 362 g/mol. The maximum atomic E-state index is 12.0. The molecule has 0 unspecified atom stereocenters. The highest BCUT2D eigenvalue weighted by atomic mass is 35.5. The fourth-order valence-electron chi connectivity index (χ4n) is 1.63. The van der Waals surface area contributed by atoms with Gasteiger partial charge in [0.2, 0.25) is 11.6 Å². The van der Waals surface area contributed by atoms with Gasteiger partial charge in [-0.1, -0.05) is 34.8 Å². The van der Waals surface area contributed by atoms with Crippen molar-refractivity contribution in [3.63, 3.8) is 0 Å². The topological polar surface area (TPSA) is 88.9 Å². The molecule has 22 heavy (non-hydrogen) atoms. The summed E-state index contributed by atoms with van der Waals surface area (Å²) in [6.07, 6.45) is 0. The molecule has 0 aliphatic carbocycles. The second kappa shape index (κ2) is 6.12. The van der Waals surface area contributed by atoms with E-state index in [0.717, 1.165) is 9.13 Å². The van der Waals surface area contributed by atoms with Crippen molar-refractivity contribution in [2.75, 3.05) is 0 Å². The predicted molar refractivity (Wildman–Crippen MR) is 84.2 cm³/mol. The average molecular weight is 364 g/mol. The molecule has 0 saturated carbocycles. The summed E-state index contributed by atoms with van der Waals surface area (Å²) in [7, 11) is 2.55. The lowest BCUT2D eigenvalue weighted by molar-refractivity contribution is 0.413. The third-order valence-corrected chi connectivity index (χ3v) is 3.64. The normalized spacial score (nSPS) is 11.3. The summed E-state index contributed by atoms with van der Waals surface area (Å²) >= 11 is 17.7. The Morgan fingerprint density at radius 1 is 0.955 bits per heavy atom. The number of nitrogens with zero attached hydrogens (tertiary/aromatic N) is 4. The van der Waals surface area contributed by atoms with E-state index in [0.29, 0.717) is 5.02 Å². The van der Waals surface area contributed by atoms with Crippen molar-refractivity contribution in [3.05, 3.63) is 48.0 Å². The van der Waals surface area contributed by atoms with Crippen LogP contribution in [0.5, 0.6) is 5.88 Å². The minimum atomic E-state index is -0.800. The summed E-state index contributed by atoms with van der Waals surface area (Å²) in [6.45, 7) is 0. The van der Waals surface area contributed by atoms with Gasteiger partial charge >= 0.3 is 5.69 Å². The van der Waals surface area contributed by atoms with Crippen molar-refractivity contribution in [3.8, 4) is 5.88 Å². The fourth-order valence-corrected chi connectivity index (χ4v) is 2.53. The molecule has 0 amide bonds. The first-order valence-corrected chi connectivity index (χ1v) is 6.92. The molecule has 1 heterocycles. The van der Waals surface area contributed by atoms with Crippen LogP contribution in [0.4, 0.5) is 11.4 Å². The van der Waals surface area contributed by atoms with Crippen LogP contribution in [0, 0.1) is 0 Å². The summed E-state index contributed by atoms with van der Waals surface area (Å²) in [6, 6.07) is 2.81. The number of aromatic nitrogens is 2. The van der Waals surface area contributed by atoms with Crippen LogP contribution in [0.2, 0.25) is 15.1 Å². The van der Waals surface area contributed by atoms with Crippen LogP contribution >= 0.6 is 34.8 Å². The second-order valence-electron chi connectivity index (χ2n) is 4.30. The van der Waals surface area contributed by atoms with Crippen molar-refractivity contribution in [2.24, 2.45) is 24.3 Å². The zero-order valence-corrected chi connectivity index (χ0v) is 13.6.